The van der Waals surface area contributed by atoms with Gasteiger partial charge >= 0.3 is 0 Å². The van der Waals surface area contributed by atoms with E-state index in [2.05, 4.69) is 15.6 Å². The smallest absolute Gasteiger partial charge is 0.218 e. The second-order valence-corrected chi connectivity index (χ2v) is 8.40. The minimum atomic E-state index is 0.292. The Morgan fingerprint density at radius 2 is 1.52 bits per heavy atom. The summed E-state index contributed by atoms with van der Waals surface area (Å²) >= 11 is 23.3. The summed E-state index contributed by atoms with van der Waals surface area (Å²) < 4.78 is 7.36. The molecule has 0 aliphatic heterocycles. The Morgan fingerprint density at radius 3 is 2.18 bits per heavy atom. The normalized spacial score (nSPS) is 10.5. The van der Waals surface area contributed by atoms with Crippen molar-refractivity contribution >= 4 is 64.4 Å². The Bertz CT molecular complexity index is 1360. The van der Waals surface area contributed by atoms with Crippen LogP contribution in [-0.4, -0.2) is 26.8 Å². The van der Waals surface area contributed by atoms with Gasteiger partial charge in [-0.3, -0.25) is 4.57 Å². The summed E-state index contributed by atoms with van der Waals surface area (Å²) in [6.45, 7) is 0. The molecule has 2 N–H and O–H groups in total. The number of nitrogens with zero attached hydrogens (tertiary/aromatic N) is 3. The van der Waals surface area contributed by atoms with Gasteiger partial charge in [0.25, 0.3) is 0 Å². The zero-order chi connectivity index (χ0) is 23.4. The first-order valence-electron chi connectivity index (χ1n) is 9.68. The molecule has 1 heterocycles. The Balaban J connectivity index is 1.76. The summed E-state index contributed by atoms with van der Waals surface area (Å²) in [5.41, 5.74) is 2.20. The quantitative estimate of drug-likeness (QED) is 0.285. The van der Waals surface area contributed by atoms with Gasteiger partial charge in [-0.15, -0.1) is 0 Å². The summed E-state index contributed by atoms with van der Waals surface area (Å²) in [7, 11) is 1.60. The fourth-order valence-electron chi connectivity index (χ4n) is 3.04. The van der Waals surface area contributed by atoms with Crippen LogP contribution in [0, 0.1) is 4.77 Å². The third kappa shape index (κ3) is 5.48. The van der Waals surface area contributed by atoms with E-state index in [1.165, 1.54) is 0 Å². The molecule has 0 saturated heterocycles. The number of nitrogens with one attached hydrogen (secondary N) is 2. The molecule has 0 fully saturated rings. The first-order chi connectivity index (χ1) is 15.9. The molecular weight excluding hydrogens is 497 g/mol. The van der Waals surface area contributed by atoms with E-state index in [4.69, 9.17) is 57.4 Å². The fourth-order valence-corrected chi connectivity index (χ4v) is 3.78. The van der Waals surface area contributed by atoms with Gasteiger partial charge in [0, 0.05) is 15.6 Å². The number of rotatable bonds is 5. The van der Waals surface area contributed by atoms with Crippen LogP contribution in [0.4, 0.5) is 11.6 Å². The van der Waals surface area contributed by atoms with Crippen molar-refractivity contribution in [3.63, 3.8) is 0 Å². The zero-order valence-electron chi connectivity index (χ0n) is 17.3. The lowest BCUT2D eigenvalue weighted by Gasteiger charge is -2.17. The maximum atomic E-state index is 6.06. The predicted octanol–water partition coefficient (Wildman–Crippen LogP) is 6.79. The number of aromatic nitrogens is 3. The Morgan fingerprint density at radius 1 is 0.879 bits per heavy atom. The van der Waals surface area contributed by atoms with Gasteiger partial charge in [0.2, 0.25) is 10.7 Å². The molecule has 33 heavy (non-hydrogen) atoms. The minimum Gasteiger partial charge on any atom is -0.495 e. The van der Waals surface area contributed by atoms with Crippen LogP contribution in [0.3, 0.4) is 0 Å². The Hall–Kier alpha value is -3.04. The van der Waals surface area contributed by atoms with Crippen LogP contribution < -0.4 is 15.4 Å². The van der Waals surface area contributed by atoms with Gasteiger partial charge in [-0.25, -0.2) is 0 Å². The number of thiocarbonyl (C=S) groups is 1. The molecule has 3 aromatic carbocycles. The highest BCUT2D eigenvalue weighted by molar-refractivity contribution is 7.80. The molecule has 0 bridgehead atoms. The molecule has 0 saturated carbocycles. The van der Waals surface area contributed by atoms with Crippen molar-refractivity contribution in [2.45, 2.75) is 0 Å². The summed E-state index contributed by atoms with van der Waals surface area (Å²) in [6.07, 6.45) is 0. The van der Waals surface area contributed by atoms with E-state index in [9.17, 15) is 0 Å². The van der Waals surface area contributed by atoms with Crippen LogP contribution in [-0.2, 0) is 0 Å². The van der Waals surface area contributed by atoms with Crippen LogP contribution >= 0.6 is 47.6 Å². The summed E-state index contributed by atoms with van der Waals surface area (Å²) in [4.78, 5) is 9.21. The number of anilines is 2. The molecule has 4 aromatic rings. The first kappa shape index (κ1) is 23.1. The van der Waals surface area contributed by atoms with Gasteiger partial charge in [-0.05, 0) is 85.1 Å². The van der Waals surface area contributed by atoms with Crippen LogP contribution in [0.1, 0.15) is 0 Å². The molecular formula is C23H17Cl2N5OS2. The van der Waals surface area contributed by atoms with Gasteiger partial charge in [-0.1, -0.05) is 35.3 Å². The van der Waals surface area contributed by atoms with Gasteiger partial charge in [0.05, 0.1) is 18.5 Å². The van der Waals surface area contributed by atoms with Crippen molar-refractivity contribution in [3.8, 4) is 22.8 Å². The van der Waals surface area contributed by atoms with Crippen molar-refractivity contribution in [1.29, 1.82) is 0 Å². The van der Waals surface area contributed by atoms with Gasteiger partial charge in [0.1, 0.15) is 5.75 Å². The number of halogens is 2. The fraction of sp³-hybridized carbons (Fsp3) is 0.0435. The van der Waals surface area contributed by atoms with E-state index in [0.29, 0.717) is 43.1 Å². The highest BCUT2D eigenvalue weighted by Gasteiger charge is 2.14. The van der Waals surface area contributed by atoms with Crippen molar-refractivity contribution in [1.82, 2.24) is 14.5 Å². The maximum Gasteiger partial charge on any atom is 0.218 e. The average molecular weight is 514 g/mol. The predicted molar refractivity (Wildman–Crippen MR) is 140 cm³/mol. The lowest BCUT2D eigenvalue weighted by Crippen LogP contribution is -2.23. The van der Waals surface area contributed by atoms with E-state index in [1.807, 2.05) is 48.5 Å². The first-order valence-corrected chi connectivity index (χ1v) is 11.3. The largest absolute Gasteiger partial charge is 0.495 e. The molecule has 166 valence electrons. The van der Waals surface area contributed by atoms with E-state index in [1.54, 1.807) is 35.9 Å². The topological polar surface area (TPSA) is 64.0 Å². The second-order valence-electron chi connectivity index (χ2n) is 6.75. The van der Waals surface area contributed by atoms with Gasteiger partial charge in [-0.2, -0.15) is 9.97 Å². The number of hydrogen-bond donors (Lipinski definition) is 2. The molecule has 10 heteroatoms. The summed E-state index contributed by atoms with van der Waals surface area (Å²) in [6, 6.07) is 21.8. The molecule has 0 unspecified atom stereocenters. The standard InChI is InChI=1S/C23H17Cl2N5OS2/c1-31-19-5-3-2-4-18(19)26-22(32)29-21-27-20(14-6-8-15(24)9-7-14)28-23(33)30(21)17-12-10-16(25)11-13-17/h2-13H,1H3,(H2,26,27,28,29,32,33). The van der Waals surface area contributed by atoms with E-state index < -0.39 is 0 Å². The number of methoxy groups -OCH3 is 1. The number of hydrogen-bond acceptors (Lipinski definition) is 5. The third-order valence-electron chi connectivity index (χ3n) is 4.58. The number of ether oxygens (including phenoxy) is 1. The van der Waals surface area contributed by atoms with Crippen molar-refractivity contribution in [2.24, 2.45) is 0 Å². The molecule has 0 aliphatic carbocycles. The minimum absolute atomic E-state index is 0.292. The monoisotopic (exact) mass is 513 g/mol. The molecule has 4 rings (SSSR count). The van der Waals surface area contributed by atoms with Crippen LogP contribution in [0.5, 0.6) is 5.75 Å². The Labute approximate surface area is 211 Å². The van der Waals surface area contributed by atoms with E-state index in [-0.39, 0.29) is 0 Å². The average Bonchev–Trinajstić information content (AvgIpc) is 2.80. The van der Waals surface area contributed by atoms with Gasteiger partial charge in [0.15, 0.2) is 10.9 Å². The molecule has 0 atom stereocenters. The van der Waals surface area contributed by atoms with Crippen LogP contribution in [0.25, 0.3) is 17.1 Å². The molecule has 0 radical (unpaired) electrons. The molecule has 0 aliphatic rings. The van der Waals surface area contributed by atoms with Crippen molar-refractivity contribution < 1.29 is 4.74 Å². The van der Waals surface area contributed by atoms with Crippen LogP contribution in [0.15, 0.2) is 72.8 Å². The highest BCUT2D eigenvalue weighted by atomic mass is 35.5. The lowest BCUT2D eigenvalue weighted by atomic mass is 10.2. The van der Waals surface area contributed by atoms with E-state index in [0.717, 1.165) is 11.3 Å². The molecule has 1 aromatic heterocycles. The van der Waals surface area contributed by atoms with E-state index >= 15 is 0 Å². The highest BCUT2D eigenvalue weighted by Crippen LogP contribution is 2.25. The number of para-hydroxylation sites is 2. The third-order valence-corrected chi connectivity index (χ3v) is 5.57. The summed E-state index contributed by atoms with van der Waals surface area (Å²) in [5.74, 6) is 1.47. The SMILES string of the molecule is COc1ccccc1NC(=S)Nc1nc(-c2ccc(Cl)cc2)nc(=S)n1-c1ccc(Cl)cc1. The maximum absolute atomic E-state index is 6.06. The van der Waals surface area contributed by atoms with Crippen LogP contribution in [0.2, 0.25) is 10.0 Å². The van der Waals surface area contributed by atoms with Gasteiger partial charge < -0.3 is 15.4 Å². The summed E-state index contributed by atoms with van der Waals surface area (Å²) in [5, 5.41) is 7.79. The number of benzene rings is 3. The molecule has 6 nitrogen and oxygen atoms in total. The Kier molecular flexibility index (Phi) is 7.20. The lowest BCUT2D eigenvalue weighted by molar-refractivity contribution is 0.417. The zero-order valence-corrected chi connectivity index (χ0v) is 20.4. The molecule has 0 amide bonds. The second kappa shape index (κ2) is 10.3. The van der Waals surface area contributed by atoms with Crippen molar-refractivity contribution in [2.75, 3.05) is 17.7 Å². The van der Waals surface area contributed by atoms with Crippen molar-refractivity contribution in [3.05, 3.63) is 87.6 Å². The molecule has 0 spiro atoms.